The first-order valence-corrected chi connectivity index (χ1v) is 14.4. The maximum Gasteiger partial charge on any atom is 0.332 e. The molecule has 2 saturated carbocycles. The maximum atomic E-state index is 12.9. The molecule has 2 aliphatic carbocycles. The Morgan fingerprint density at radius 1 is 1.05 bits per heavy atom. The molecule has 7 rings (SSSR count). The SMILES string of the molecule is Cc1ccnc([C@H]2C[C@@H]2C(=O)Nc2cc(NC(C)(C)c3cc4cc(C5CC5)cc(N5CC(=O)N(C)C5=O)n4n3)ncn2)n1. The van der Waals surface area contributed by atoms with Gasteiger partial charge >= 0.3 is 6.03 Å². The van der Waals surface area contributed by atoms with Crippen molar-refractivity contribution in [1.29, 1.82) is 0 Å². The van der Waals surface area contributed by atoms with Crippen molar-refractivity contribution >= 4 is 40.8 Å². The van der Waals surface area contributed by atoms with Crippen LogP contribution in [0.4, 0.5) is 22.2 Å². The number of rotatable bonds is 8. The number of hydrogen-bond donors (Lipinski definition) is 2. The molecule has 4 amide bonds. The second-order valence-corrected chi connectivity index (χ2v) is 12.1. The van der Waals surface area contributed by atoms with E-state index in [2.05, 4.69) is 36.6 Å². The number of urea groups is 1. The zero-order chi connectivity index (χ0) is 30.0. The highest BCUT2D eigenvalue weighted by molar-refractivity contribution is 6.11. The van der Waals surface area contributed by atoms with Gasteiger partial charge in [-0.2, -0.15) is 5.10 Å². The van der Waals surface area contributed by atoms with Crippen LogP contribution in [-0.2, 0) is 15.1 Å². The van der Waals surface area contributed by atoms with Crippen LogP contribution in [0.5, 0.6) is 0 Å². The molecule has 43 heavy (non-hydrogen) atoms. The highest BCUT2D eigenvalue weighted by Crippen LogP contribution is 2.46. The van der Waals surface area contributed by atoms with Crippen molar-refractivity contribution in [3.05, 3.63) is 65.6 Å². The Morgan fingerprint density at radius 2 is 1.84 bits per heavy atom. The van der Waals surface area contributed by atoms with Crippen molar-refractivity contribution in [3.63, 3.8) is 0 Å². The summed E-state index contributed by atoms with van der Waals surface area (Å²) in [5.74, 6) is 2.05. The Labute approximate surface area is 247 Å². The Balaban J connectivity index is 1.11. The second kappa shape index (κ2) is 9.82. The topological polar surface area (TPSA) is 151 Å². The van der Waals surface area contributed by atoms with Crippen molar-refractivity contribution in [3.8, 4) is 0 Å². The molecule has 4 aromatic heterocycles. The molecule has 5 heterocycles. The Bertz CT molecular complexity index is 1800. The third kappa shape index (κ3) is 5.04. The normalized spacial score (nSPS) is 20.2. The molecule has 0 aromatic carbocycles. The van der Waals surface area contributed by atoms with Gasteiger partial charge in [-0.3, -0.25) is 19.4 Å². The monoisotopic (exact) mass is 580 g/mol. The third-order valence-electron chi connectivity index (χ3n) is 8.35. The molecular weight excluding hydrogens is 548 g/mol. The van der Waals surface area contributed by atoms with Gasteiger partial charge < -0.3 is 10.6 Å². The van der Waals surface area contributed by atoms with Crippen LogP contribution in [0.3, 0.4) is 0 Å². The number of aromatic nitrogens is 6. The Kier molecular flexibility index (Phi) is 6.15. The zero-order valence-electron chi connectivity index (χ0n) is 24.4. The molecule has 3 fully saturated rings. The lowest BCUT2D eigenvalue weighted by Gasteiger charge is -2.25. The van der Waals surface area contributed by atoms with Gasteiger partial charge in [-0.15, -0.1) is 0 Å². The quantitative estimate of drug-likeness (QED) is 0.298. The molecule has 0 unspecified atom stereocenters. The highest BCUT2D eigenvalue weighted by atomic mass is 16.2. The number of amides is 4. The highest BCUT2D eigenvalue weighted by Gasteiger charge is 2.46. The molecule has 1 aliphatic heterocycles. The third-order valence-corrected chi connectivity index (χ3v) is 8.35. The Morgan fingerprint density at radius 3 is 2.56 bits per heavy atom. The van der Waals surface area contributed by atoms with E-state index in [-0.39, 0.29) is 36.2 Å². The number of fused-ring (bicyclic) bond motifs is 1. The second-order valence-electron chi connectivity index (χ2n) is 12.1. The predicted molar refractivity (Wildman–Crippen MR) is 158 cm³/mol. The molecule has 0 spiro atoms. The van der Waals surface area contributed by atoms with Gasteiger partial charge in [0.15, 0.2) is 0 Å². The van der Waals surface area contributed by atoms with Crippen LogP contribution in [0.15, 0.2) is 42.9 Å². The molecule has 13 nitrogen and oxygen atoms in total. The van der Waals surface area contributed by atoms with Crippen LogP contribution < -0.4 is 15.5 Å². The summed E-state index contributed by atoms with van der Waals surface area (Å²) in [7, 11) is 1.49. The van der Waals surface area contributed by atoms with Gasteiger partial charge in [0.1, 0.15) is 36.2 Å². The lowest BCUT2D eigenvalue weighted by Crippen LogP contribution is -2.31. The van der Waals surface area contributed by atoms with Crippen molar-refractivity contribution in [2.24, 2.45) is 5.92 Å². The number of likely N-dealkylation sites (N-methyl/N-ethyl adjacent to an activating group) is 1. The number of nitrogens with zero attached hydrogens (tertiary/aromatic N) is 8. The van der Waals surface area contributed by atoms with E-state index in [0.29, 0.717) is 35.6 Å². The minimum absolute atomic E-state index is 0.00741. The van der Waals surface area contributed by atoms with E-state index in [1.165, 1.54) is 18.3 Å². The van der Waals surface area contributed by atoms with E-state index in [9.17, 15) is 14.4 Å². The number of aryl methyl sites for hydroxylation is 1. The molecule has 0 radical (unpaired) electrons. The Hall–Kier alpha value is -4.94. The van der Waals surface area contributed by atoms with E-state index >= 15 is 0 Å². The van der Waals surface area contributed by atoms with Crippen LogP contribution in [-0.4, -0.2) is 65.9 Å². The van der Waals surface area contributed by atoms with E-state index in [1.807, 2.05) is 39.0 Å². The molecular formula is C30H32N10O3. The minimum atomic E-state index is -0.690. The largest absolute Gasteiger partial charge is 0.359 e. The summed E-state index contributed by atoms with van der Waals surface area (Å²) >= 11 is 0. The minimum Gasteiger partial charge on any atom is -0.359 e. The van der Waals surface area contributed by atoms with Crippen LogP contribution in [0, 0.1) is 12.8 Å². The van der Waals surface area contributed by atoms with E-state index < -0.39 is 5.54 Å². The summed E-state index contributed by atoms with van der Waals surface area (Å²) in [6, 6.07) is 9.22. The number of hydrogen-bond acceptors (Lipinski definition) is 9. The fraction of sp³-hybridized carbons (Fsp3) is 0.400. The smallest absolute Gasteiger partial charge is 0.332 e. The average molecular weight is 581 g/mol. The van der Waals surface area contributed by atoms with Gasteiger partial charge in [-0.1, -0.05) is 0 Å². The number of imide groups is 1. The summed E-state index contributed by atoms with van der Waals surface area (Å²) in [4.78, 5) is 58.1. The number of nitrogens with one attached hydrogen (secondary N) is 2. The van der Waals surface area contributed by atoms with Gasteiger partial charge in [0, 0.05) is 36.8 Å². The van der Waals surface area contributed by atoms with Crippen LogP contribution in [0.25, 0.3) is 5.52 Å². The zero-order valence-corrected chi connectivity index (χ0v) is 24.4. The van der Waals surface area contributed by atoms with Gasteiger partial charge in [0.2, 0.25) is 5.91 Å². The summed E-state index contributed by atoms with van der Waals surface area (Å²) in [5, 5.41) is 11.2. The summed E-state index contributed by atoms with van der Waals surface area (Å²) < 4.78 is 1.73. The number of carbonyl (C=O) groups is 3. The first-order chi connectivity index (χ1) is 20.6. The molecule has 220 valence electrons. The number of carbonyl (C=O) groups excluding carboxylic acids is 3. The first-order valence-electron chi connectivity index (χ1n) is 14.4. The van der Waals surface area contributed by atoms with E-state index in [0.717, 1.165) is 40.2 Å². The fourth-order valence-electron chi connectivity index (χ4n) is 5.54. The van der Waals surface area contributed by atoms with Crippen molar-refractivity contribution in [2.75, 3.05) is 29.1 Å². The predicted octanol–water partition coefficient (Wildman–Crippen LogP) is 3.59. The molecule has 2 N–H and O–H groups in total. The molecule has 2 atom stereocenters. The summed E-state index contributed by atoms with van der Waals surface area (Å²) in [6.07, 6.45) is 6.02. The van der Waals surface area contributed by atoms with Crippen LogP contribution in [0.1, 0.15) is 67.7 Å². The molecule has 0 bridgehead atoms. The van der Waals surface area contributed by atoms with Crippen LogP contribution >= 0.6 is 0 Å². The summed E-state index contributed by atoms with van der Waals surface area (Å²) in [6.45, 7) is 5.84. The molecule has 13 heteroatoms. The average Bonchev–Trinajstić information content (AvgIpc) is 3.90. The van der Waals surface area contributed by atoms with Gasteiger partial charge in [-0.05, 0) is 75.8 Å². The summed E-state index contributed by atoms with van der Waals surface area (Å²) in [5.41, 5.74) is 2.88. The van der Waals surface area contributed by atoms with Gasteiger partial charge in [0.25, 0.3) is 5.91 Å². The van der Waals surface area contributed by atoms with Gasteiger partial charge in [-0.25, -0.2) is 29.2 Å². The maximum absolute atomic E-state index is 12.9. The molecule has 3 aliphatic rings. The van der Waals surface area contributed by atoms with E-state index in [1.54, 1.807) is 16.8 Å². The van der Waals surface area contributed by atoms with Crippen molar-refractivity contribution < 1.29 is 14.4 Å². The molecule has 4 aromatic rings. The lowest BCUT2D eigenvalue weighted by molar-refractivity contribution is -0.124. The number of anilines is 3. The van der Waals surface area contributed by atoms with Gasteiger partial charge in [0.05, 0.1) is 16.7 Å². The molecule has 1 saturated heterocycles. The van der Waals surface area contributed by atoms with Crippen molar-refractivity contribution in [2.45, 2.75) is 57.4 Å². The standard InChI is InChI=1S/C30H32N10O3/c1-16-7-8-31-27(34-16)20-12-21(20)28(42)35-23-13-24(33-15-32-23)36-30(2,3)22-11-19-9-18(17-5-6-17)10-25(40(19)37-22)39-14-26(41)38(4)29(39)43/h7-11,13,15,17,20-21H,5-6,12,14H2,1-4H3,(H2,32,33,35,36,42)/t20-,21-/m0/s1. The number of pyridine rings is 1. The fourth-order valence-corrected chi connectivity index (χ4v) is 5.54. The lowest BCUT2D eigenvalue weighted by atomic mass is 10.0. The van der Waals surface area contributed by atoms with Crippen molar-refractivity contribution in [1.82, 2.24) is 34.4 Å². The first kappa shape index (κ1) is 26.9. The van der Waals surface area contributed by atoms with E-state index in [4.69, 9.17) is 5.10 Å². The van der Waals surface area contributed by atoms with Crippen LogP contribution in [0.2, 0.25) is 0 Å².